The van der Waals surface area contributed by atoms with Crippen LogP contribution in [0.1, 0.15) is 20.3 Å². The van der Waals surface area contributed by atoms with Crippen LogP contribution in [0.2, 0.25) is 0 Å². The van der Waals surface area contributed by atoms with Gasteiger partial charge in [0.2, 0.25) is 0 Å². The quantitative estimate of drug-likeness (QED) is 0.383. The van der Waals surface area contributed by atoms with Gasteiger partial charge in [-0.3, -0.25) is 0 Å². The fraction of sp³-hybridized carbons (Fsp3) is 1.00. The molecule has 0 saturated heterocycles. The molecule has 0 aromatic heterocycles. The molecule has 0 fully saturated rings. The molecule has 0 aromatic rings. The lowest BCUT2D eigenvalue weighted by Crippen LogP contribution is -2.45. The zero-order chi connectivity index (χ0) is 13.6. The summed E-state index contributed by atoms with van der Waals surface area (Å²) < 4.78 is 31.3. The highest BCUT2D eigenvalue weighted by Gasteiger charge is 2.23. The van der Waals surface area contributed by atoms with Crippen molar-refractivity contribution < 1.29 is 28.3 Å². The van der Waals surface area contributed by atoms with E-state index in [1.54, 1.807) is 0 Å². The standard InChI is InChI=1S/C9H21NO6S/c1-6(2)3-7(5-11)10-4-8(12)9(13)17(14,15)16/h6-13H,3-5H2,1-2H3,(H,14,15,16)/p-1. The van der Waals surface area contributed by atoms with Gasteiger partial charge in [0, 0.05) is 12.6 Å². The Hall–Kier alpha value is -0.250. The van der Waals surface area contributed by atoms with E-state index in [2.05, 4.69) is 5.32 Å². The maximum Gasteiger partial charge on any atom is 0.170 e. The Morgan fingerprint density at radius 1 is 1.29 bits per heavy atom. The SMILES string of the molecule is CC(C)CC(CO)NCC(O)C(O)S(=O)(=O)[O-]. The predicted octanol–water partition coefficient (Wildman–Crippen LogP) is -1.79. The van der Waals surface area contributed by atoms with Gasteiger partial charge in [0.05, 0.1) is 6.61 Å². The molecular formula is C9H20NO6S-. The summed E-state index contributed by atoms with van der Waals surface area (Å²) in [6.07, 6.45) is -1.08. The van der Waals surface area contributed by atoms with Gasteiger partial charge in [0.25, 0.3) is 0 Å². The van der Waals surface area contributed by atoms with Crippen LogP contribution in [-0.4, -0.2) is 59.0 Å². The Morgan fingerprint density at radius 3 is 2.18 bits per heavy atom. The third-order valence-electron chi connectivity index (χ3n) is 2.22. The molecule has 0 heterocycles. The number of nitrogens with one attached hydrogen (secondary N) is 1. The van der Waals surface area contributed by atoms with Gasteiger partial charge in [-0.25, -0.2) is 8.42 Å². The van der Waals surface area contributed by atoms with Crippen molar-refractivity contribution >= 4 is 10.1 Å². The van der Waals surface area contributed by atoms with Crippen molar-refractivity contribution in [3.8, 4) is 0 Å². The van der Waals surface area contributed by atoms with Gasteiger partial charge < -0.3 is 25.2 Å². The first-order valence-corrected chi connectivity index (χ1v) is 6.80. The van der Waals surface area contributed by atoms with E-state index in [1.165, 1.54) is 0 Å². The fourth-order valence-electron chi connectivity index (χ4n) is 1.37. The Bertz CT molecular complexity index is 305. The predicted molar refractivity (Wildman–Crippen MR) is 60.0 cm³/mol. The van der Waals surface area contributed by atoms with Crippen LogP contribution in [0, 0.1) is 5.92 Å². The lowest BCUT2D eigenvalue weighted by molar-refractivity contribution is 0.0569. The molecule has 0 aliphatic heterocycles. The minimum Gasteiger partial charge on any atom is -0.746 e. The molecule has 104 valence electrons. The summed E-state index contributed by atoms with van der Waals surface area (Å²) in [6.45, 7) is 3.43. The van der Waals surface area contributed by atoms with Gasteiger partial charge in [-0.05, 0) is 12.3 Å². The second-order valence-electron chi connectivity index (χ2n) is 4.37. The Labute approximate surface area is 101 Å². The average Bonchev–Trinajstić information content (AvgIpc) is 2.20. The third-order valence-corrected chi connectivity index (χ3v) is 3.12. The normalized spacial score (nSPS) is 18.1. The number of aliphatic hydroxyl groups excluding tert-OH is 3. The number of hydrogen-bond acceptors (Lipinski definition) is 7. The van der Waals surface area contributed by atoms with Crippen molar-refractivity contribution in [3.05, 3.63) is 0 Å². The van der Waals surface area contributed by atoms with Gasteiger partial charge in [-0.15, -0.1) is 0 Å². The molecule has 0 rings (SSSR count). The molecule has 4 N–H and O–H groups in total. The number of hydrogen-bond donors (Lipinski definition) is 4. The minimum absolute atomic E-state index is 0.175. The summed E-state index contributed by atoms with van der Waals surface area (Å²) in [4.78, 5) is 0. The fourth-order valence-corrected chi connectivity index (χ4v) is 1.85. The van der Waals surface area contributed by atoms with Crippen LogP contribution in [0.4, 0.5) is 0 Å². The van der Waals surface area contributed by atoms with E-state index in [1.807, 2.05) is 13.8 Å². The summed E-state index contributed by atoms with van der Waals surface area (Å²) in [5.41, 5.74) is -2.35. The van der Waals surface area contributed by atoms with Crippen LogP contribution >= 0.6 is 0 Å². The summed E-state index contributed by atoms with van der Waals surface area (Å²) in [5.74, 6) is 0.310. The van der Waals surface area contributed by atoms with Gasteiger partial charge in [0.1, 0.15) is 16.2 Å². The van der Waals surface area contributed by atoms with E-state index in [0.717, 1.165) is 0 Å². The van der Waals surface area contributed by atoms with E-state index >= 15 is 0 Å². The number of rotatable bonds is 8. The van der Waals surface area contributed by atoms with Gasteiger partial charge >= 0.3 is 0 Å². The van der Waals surface area contributed by atoms with Crippen LogP contribution in [0.5, 0.6) is 0 Å². The number of aliphatic hydroxyl groups is 3. The van der Waals surface area contributed by atoms with Gasteiger partial charge in [-0.2, -0.15) is 0 Å². The Kier molecular flexibility index (Phi) is 7.14. The molecule has 8 heteroatoms. The lowest BCUT2D eigenvalue weighted by atomic mass is 10.0. The second kappa shape index (κ2) is 7.24. The second-order valence-corrected chi connectivity index (χ2v) is 5.84. The van der Waals surface area contributed by atoms with E-state index in [4.69, 9.17) is 10.2 Å². The molecule has 0 saturated carbocycles. The zero-order valence-electron chi connectivity index (χ0n) is 9.91. The molecule has 0 radical (unpaired) electrons. The summed E-state index contributed by atoms with van der Waals surface area (Å²) in [7, 11) is -4.93. The molecule has 3 atom stereocenters. The van der Waals surface area contributed by atoms with E-state index < -0.39 is 21.7 Å². The molecule has 0 spiro atoms. The molecule has 17 heavy (non-hydrogen) atoms. The molecular weight excluding hydrogens is 250 g/mol. The van der Waals surface area contributed by atoms with Crippen molar-refractivity contribution in [1.29, 1.82) is 0 Å². The highest BCUT2D eigenvalue weighted by molar-refractivity contribution is 7.86. The van der Waals surface area contributed by atoms with E-state index in [-0.39, 0.29) is 19.2 Å². The highest BCUT2D eigenvalue weighted by atomic mass is 32.2. The molecule has 7 nitrogen and oxygen atoms in total. The van der Waals surface area contributed by atoms with Gasteiger partial charge in [0.15, 0.2) is 5.44 Å². The smallest absolute Gasteiger partial charge is 0.170 e. The van der Waals surface area contributed by atoms with Crippen molar-refractivity contribution in [2.75, 3.05) is 13.2 Å². The molecule has 3 unspecified atom stereocenters. The Balaban J connectivity index is 4.17. The summed E-state index contributed by atoms with van der Waals surface area (Å²) in [6, 6.07) is -0.314. The maximum atomic E-state index is 10.4. The topological polar surface area (TPSA) is 130 Å². The van der Waals surface area contributed by atoms with Crippen molar-refractivity contribution in [1.82, 2.24) is 5.32 Å². The molecule has 0 aliphatic rings. The van der Waals surface area contributed by atoms with E-state index in [0.29, 0.717) is 12.3 Å². The summed E-state index contributed by atoms with van der Waals surface area (Å²) in [5, 5.41) is 29.9. The van der Waals surface area contributed by atoms with Crippen LogP contribution in [0.3, 0.4) is 0 Å². The Morgan fingerprint density at radius 2 is 1.82 bits per heavy atom. The average molecular weight is 270 g/mol. The maximum absolute atomic E-state index is 10.4. The molecule has 0 amide bonds. The van der Waals surface area contributed by atoms with Crippen molar-refractivity contribution in [2.45, 2.75) is 37.9 Å². The molecule has 0 bridgehead atoms. The first kappa shape index (κ1) is 16.8. The third kappa shape index (κ3) is 6.92. The molecule has 0 aromatic carbocycles. The molecule has 0 aliphatic carbocycles. The van der Waals surface area contributed by atoms with Crippen molar-refractivity contribution in [3.63, 3.8) is 0 Å². The van der Waals surface area contributed by atoms with Crippen molar-refractivity contribution in [2.24, 2.45) is 5.92 Å². The summed E-state index contributed by atoms with van der Waals surface area (Å²) >= 11 is 0. The monoisotopic (exact) mass is 270 g/mol. The van der Waals surface area contributed by atoms with Crippen LogP contribution < -0.4 is 5.32 Å². The largest absolute Gasteiger partial charge is 0.746 e. The van der Waals surface area contributed by atoms with Crippen LogP contribution in [0.25, 0.3) is 0 Å². The first-order chi connectivity index (χ1) is 7.68. The lowest BCUT2D eigenvalue weighted by Gasteiger charge is -2.24. The highest BCUT2D eigenvalue weighted by Crippen LogP contribution is 2.05. The first-order valence-electron chi connectivity index (χ1n) is 5.33. The van der Waals surface area contributed by atoms with Crippen LogP contribution in [-0.2, 0) is 10.1 Å². The van der Waals surface area contributed by atoms with E-state index in [9.17, 15) is 18.1 Å². The minimum atomic E-state index is -4.93. The zero-order valence-corrected chi connectivity index (χ0v) is 10.7. The van der Waals surface area contributed by atoms with Crippen LogP contribution in [0.15, 0.2) is 0 Å². The van der Waals surface area contributed by atoms with Gasteiger partial charge in [-0.1, -0.05) is 13.8 Å².